The van der Waals surface area contributed by atoms with Crippen molar-refractivity contribution in [2.45, 2.75) is 25.8 Å². The molecule has 0 radical (unpaired) electrons. The molecule has 0 aromatic carbocycles. The van der Waals surface area contributed by atoms with Gasteiger partial charge >= 0.3 is 0 Å². The van der Waals surface area contributed by atoms with Crippen LogP contribution >= 0.6 is 11.6 Å². The Balaban J connectivity index is 3.63. The van der Waals surface area contributed by atoms with Gasteiger partial charge in [0.25, 0.3) is 0 Å². The van der Waals surface area contributed by atoms with Gasteiger partial charge in [-0.2, -0.15) is 0 Å². The molecule has 0 bridgehead atoms. The first-order valence-corrected chi connectivity index (χ1v) is 5.49. The number of halogens is 1. The van der Waals surface area contributed by atoms with Gasteiger partial charge < -0.3 is 14.8 Å². The molecule has 0 aromatic rings. The van der Waals surface area contributed by atoms with Crippen molar-refractivity contribution in [3.05, 3.63) is 0 Å². The molecule has 0 rings (SSSR count). The van der Waals surface area contributed by atoms with E-state index in [0.717, 1.165) is 6.42 Å². The summed E-state index contributed by atoms with van der Waals surface area (Å²) in [7, 11) is 1.59. The molecule has 0 atom stereocenters. The minimum Gasteiger partial charge on any atom is -0.382 e. The number of carbonyl (C=O) groups is 1. The number of nitrogens with one attached hydrogen (secondary N) is 1. The number of alkyl halides is 1. The lowest BCUT2D eigenvalue weighted by atomic mass is 10.0. The molecule has 0 aliphatic carbocycles. The SMILES string of the molecule is COCCOCC(=O)NC(C)(C)CCCl. The Labute approximate surface area is 96.3 Å². The Morgan fingerprint density at radius 2 is 2.07 bits per heavy atom. The van der Waals surface area contributed by atoms with Gasteiger partial charge in [-0.3, -0.25) is 4.79 Å². The van der Waals surface area contributed by atoms with Gasteiger partial charge in [0, 0.05) is 18.5 Å². The molecule has 0 aliphatic rings. The molecule has 0 unspecified atom stereocenters. The van der Waals surface area contributed by atoms with Gasteiger partial charge in [0.2, 0.25) is 5.91 Å². The number of rotatable bonds is 8. The van der Waals surface area contributed by atoms with E-state index in [1.807, 2.05) is 13.8 Å². The Morgan fingerprint density at radius 1 is 1.40 bits per heavy atom. The highest BCUT2D eigenvalue weighted by atomic mass is 35.5. The molecule has 0 aliphatic heterocycles. The first kappa shape index (κ1) is 14.7. The topological polar surface area (TPSA) is 47.6 Å². The molecule has 0 saturated carbocycles. The average molecular weight is 238 g/mol. The summed E-state index contributed by atoms with van der Waals surface area (Å²) in [5.74, 6) is 0.402. The summed E-state index contributed by atoms with van der Waals surface area (Å²) in [5, 5.41) is 2.84. The molecular formula is C10H20ClNO3. The van der Waals surface area contributed by atoms with Gasteiger partial charge in [-0.05, 0) is 20.3 Å². The van der Waals surface area contributed by atoms with Crippen LogP contribution in [0.1, 0.15) is 20.3 Å². The molecular weight excluding hydrogens is 218 g/mol. The van der Waals surface area contributed by atoms with Crippen LogP contribution in [0.5, 0.6) is 0 Å². The highest BCUT2D eigenvalue weighted by molar-refractivity contribution is 6.17. The fourth-order valence-corrected chi connectivity index (χ4v) is 1.49. The zero-order valence-electron chi connectivity index (χ0n) is 9.64. The smallest absolute Gasteiger partial charge is 0.246 e. The first-order valence-electron chi connectivity index (χ1n) is 4.95. The molecule has 0 heterocycles. The molecule has 0 spiro atoms. The zero-order chi connectivity index (χ0) is 11.7. The predicted molar refractivity (Wildman–Crippen MR) is 60.3 cm³/mol. The molecule has 0 fully saturated rings. The van der Waals surface area contributed by atoms with E-state index < -0.39 is 0 Å². The Morgan fingerprint density at radius 3 is 2.60 bits per heavy atom. The second kappa shape index (κ2) is 7.91. The second-order valence-electron chi connectivity index (χ2n) is 3.92. The highest BCUT2D eigenvalue weighted by Crippen LogP contribution is 2.08. The van der Waals surface area contributed by atoms with E-state index in [1.54, 1.807) is 7.11 Å². The molecule has 90 valence electrons. The van der Waals surface area contributed by atoms with Crippen LogP contribution < -0.4 is 5.32 Å². The highest BCUT2D eigenvalue weighted by Gasteiger charge is 2.19. The van der Waals surface area contributed by atoms with E-state index in [0.29, 0.717) is 19.1 Å². The third-order valence-electron chi connectivity index (χ3n) is 1.86. The summed E-state index contributed by atoms with van der Waals surface area (Å²) >= 11 is 5.62. The number of amides is 1. The van der Waals surface area contributed by atoms with Gasteiger partial charge in [-0.25, -0.2) is 0 Å². The van der Waals surface area contributed by atoms with Crippen LogP contribution in [-0.4, -0.2) is 44.3 Å². The summed E-state index contributed by atoms with van der Waals surface area (Å²) in [5.41, 5.74) is -0.274. The number of hydrogen-bond acceptors (Lipinski definition) is 3. The molecule has 4 nitrogen and oxygen atoms in total. The maximum atomic E-state index is 11.4. The minimum absolute atomic E-state index is 0.0646. The van der Waals surface area contributed by atoms with Crippen LogP contribution in [0.4, 0.5) is 0 Å². The van der Waals surface area contributed by atoms with Gasteiger partial charge in [-0.15, -0.1) is 11.6 Å². The van der Waals surface area contributed by atoms with Crippen LogP contribution in [-0.2, 0) is 14.3 Å². The Bertz CT molecular complexity index is 186. The molecule has 1 amide bonds. The van der Waals surface area contributed by atoms with Crippen molar-refractivity contribution in [3.8, 4) is 0 Å². The number of methoxy groups -OCH3 is 1. The lowest BCUT2D eigenvalue weighted by molar-refractivity contribution is -0.127. The van der Waals surface area contributed by atoms with Crippen molar-refractivity contribution in [1.29, 1.82) is 0 Å². The van der Waals surface area contributed by atoms with Crippen LogP contribution in [0.25, 0.3) is 0 Å². The summed E-state index contributed by atoms with van der Waals surface area (Å²) in [6.07, 6.45) is 0.734. The van der Waals surface area contributed by atoms with Crippen LogP contribution in [0.15, 0.2) is 0 Å². The van der Waals surface area contributed by atoms with Crippen molar-refractivity contribution in [2.75, 3.05) is 32.8 Å². The van der Waals surface area contributed by atoms with E-state index in [9.17, 15) is 4.79 Å². The third kappa shape index (κ3) is 8.66. The predicted octanol–water partition coefficient (Wildman–Crippen LogP) is 1.17. The van der Waals surface area contributed by atoms with Crippen LogP contribution in [0.2, 0.25) is 0 Å². The van der Waals surface area contributed by atoms with E-state index in [2.05, 4.69) is 5.32 Å². The van der Waals surface area contributed by atoms with Gasteiger partial charge in [0.15, 0.2) is 0 Å². The standard InChI is InChI=1S/C10H20ClNO3/c1-10(2,4-5-11)12-9(13)8-15-7-6-14-3/h4-8H2,1-3H3,(H,12,13). The van der Waals surface area contributed by atoms with Crippen molar-refractivity contribution in [3.63, 3.8) is 0 Å². The molecule has 15 heavy (non-hydrogen) atoms. The monoisotopic (exact) mass is 237 g/mol. The van der Waals surface area contributed by atoms with Crippen molar-refractivity contribution < 1.29 is 14.3 Å². The van der Waals surface area contributed by atoms with Gasteiger partial charge in [-0.1, -0.05) is 0 Å². The van der Waals surface area contributed by atoms with Gasteiger partial charge in [0.05, 0.1) is 13.2 Å². The summed E-state index contributed by atoms with van der Waals surface area (Å²) in [4.78, 5) is 11.4. The number of hydrogen-bond donors (Lipinski definition) is 1. The number of ether oxygens (including phenoxy) is 2. The van der Waals surface area contributed by atoms with Gasteiger partial charge in [0.1, 0.15) is 6.61 Å². The van der Waals surface area contributed by atoms with E-state index in [-0.39, 0.29) is 18.1 Å². The zero-order valence-corrected chi connectivity index (χ0v) is 10.4. The molecule has 1 N–H and O–H groups in total. The van der Waals surface area contributed by atoms with E-state index >= 15 is 0 Å². The van der Waals surface area contributed by atoms with E-state index in [1.165, 1.54) is 0 Å². The maximum absolute atomic E-state index is 11.4. The molecule has 5 heteroatoms. The fourth-order valence-electron chi connectivity index (χ4n) is 1.02. The maximum Gasteiger partial charge on any atom is 0.246 e. The van der Waals surface area contributed by atoms with E-state index in [4.69, 9.17) is 21.1 Å². The third-order valence-corrected chi connectivity index (χ3v) is 2.05. The van der Waals surface area contributed by atoms with Crippen molar-refractivity contribution >= 4 is 17.5 Å². The first-order chi connectivity index (χ1) is 7.02. The summed E-state index contributed by atoms with van der Waals surface area (Å²) in [6, 6.07) is 0. The summed E-state index contributed by atoms with van der Waals surface area (Å²) < 4.78 is 9.88. The van der Waals surface area contributed by atoms with Crippen LogP contribution in [0, 0.1) is 0 Å². The minimum atomic E-state index is -0.274. The molecule has 0 aromatic heterocycles. The Kier molecular flexibility index (Phi) is 7.74. The number of carbonyl (C=O) groups excluding carboxylic acids is 1. The van der Waals surface area contributed by atoms with Crippen LogP contribution in [0.3, 0.4) is 0 Å². The van der Waals surface area contributed by atoms with Crippen molar-refractivity contribution in [1.82, 2.24) is 5.32 Å². The fraction of sp³-hybridized carbons (Fsp3) is 0.900. The average Bonchev–Trinajstić information content (AvgIpc) is 2.11. The Hall–Kier alpha value is -0.320. The normalized spacial score (nSPS) is 11.5. The second-order valence-corrected chi connectivity index (χ2v) is 4.29. The summed E-state index contributed by atoms with van der Waals surface area (Å²) in [6.45, 7) is 4.86. The molecule has 0 saturated heterocycles. The quantitative estimate of drug-likeness (QED) is 0.509. The van der Waals surface area contributed by atoms with Crippen molar-refractivity contribution in [2.24, 2.45) is 0 Å². The largest absolute Gasteiger partial charge is 0.382 e. The lowest BCUT2D eigenvalue weighted by Gasteiger charge is -2.25. The lowest BCUT2D eigenvalue weighted by Crippen LogP contribution is -2.45.